The van der Waals surface area contributed by atoms with E-state index in [0.717, 1.165) is 67.8 Å². The average Bonchev–Trinajstić information content (AvgIpc) is 3.25. The monoisotopic (exact) mass is 698 g/mol. The van der Waals surface area contributed by atoms with Gasteiger partial charge in [0.05, 0.1) is 11.4 Å². The van der Waals surface area contributed by atoms with Crippen molar-refractivity contribution in [1.29, 1.82) is 0 Å². The van der Waals surface area contributed by atoms with Crippen molar-refractivity contribution in [2.24, 2.45) is 0 Å². The van der Waals surface area contributed by atoms with Crippen molar-refractivity contribution in [3.8, 4) is 23.7 Å². The van der Waals surface area contributed by atoms with Crippen LogP contribution < -0.4 is 19.6 Å². The SMILES string of the molecule is CN(c1ccccc1)c1ccc(N(C)c2ccccc2C#Cc2ccc(C#Cc3ccccc3N(C)c3ccc(N(C)c4ccccc4)cc3)cc2)cc1. The van der Waals surface area contributed by atoms with Crippen LogP contribution in [0.4, 0.5) is 45.5 Å². The average molecular weight is 699 g/mol. The number of rotatable bonds is 8. The lowest BCUT2D eigenvalue weighted by Crippen LogP contribution is -2.12. The van der Waals surface area contributed by atoms with Gasteiger partial charge >= 0.3 is 0 Å². The number of hydrogen-bond donors (Lipinski definition) is 0. The quantitative estimate of drug-likeness (QED) is 0.146. The lowest BCUT2D eigenvalue weighted by Gasteiger charge is -2.23. The summed E-state index contributed by atoms with van der Waals surface area (Å²) >= 11 is 0. The Balaban J connectivity index is 1.03. The first kappa shape index (κ1) is 35.3. The Morgan fingerprint density at radius 3 is 0.889 bits per heavy atom. The van der Waals surface area contributed by atoms with E-state index in [1.807, 2.05) is 48.5 Å². The molecule has 54 heavy (non-hydrogen) atoms. The molecule has 0 fully saturated rings. The van der Waals surface area contributed by atoms with Crippen LogP contribution in [0.5, 0.6) is 0 Å². The van der Waals surface area contributed by atoms with Crippen LogP contribution in [0, 0.1) is 23.7 Å². The van der Waals surface area contributed by atoms with Crippen LogP contribution in [0.15, 0.2) is 182 Å². The molecule has 7 aromatic rings. The van der Waals surface area contributed by atoms with E-state index in [0.29, 0.717) is 0 Å². The third kappa shape index (κ3) is 8.16. The molecule has 0 amide bonds. The summed E-state index contributed by atoms with van der Waals surface area (Å²) in [6.45, 7) is 0. The standard InChI is InChI=1S/C50H42N4/c1-51(43-17-7-5-8-18-43)45-31-35-47(36-32-45)53(3)49-21-13-11-15-41(49)29-27-39-23-25-40(26-24-39)28-30-42-16-12-14-22-50(42)54(4)48-37-33-46(34-38-48)52(2)44-19-9-6-10-20-44/h5-26,31-38H,1-4H3. The van der Waals surface area contributed by atoms with Gasteiger partial charge in [0.15, 0.2) is 0 Å². The summed E-state index contributed by atoms with van der Waals surface area (Å²) in [6.07, 6.45) is 0. The molecular weight excluding hydrogens is 657 g/mol. The molecular formula is C50H42N4. The topological polar surface area (TPSA) is 13.0 Å². The van der Waals surface area contributed by atoms with Crippen LogP contribution >= 0.6 is 0 Å². The van der Waals surface area contributed by atoms with E-state index in [2.05, 4.69) is 205 Å². The smallest absolute Gasteiger partial charge is 0.0567 e. The van der Waals surface area contributed by atoms with Crippen molar-refractivity contribution in [1.82, 2.24) is 0 Å². The summed E-state index contributed by atoms with van der Waals surface area (Å²) in [6, 6.07) is 62.7. The van der Waals surface area contributed by atoms with Gasteiger partial charge in [0.1, 0.15) is 0 Å². The van der Waals surface area contributed by atoms with Crippen molar-refractivity contribution in [2.75, 3.05) is 47.8 Å². The molecule has 0 saturated heterocycles. The third-order valence-corrected chi connectivity index (χ3v) is 9.63. The fraction of sp³-hybridized carbons (Fsp3) is 0.0800. The maximum atomic E-state index is 3.42. The van der Waals surface area contributed by atoms with Crippen molar-refractivity contribution in [2.45, 2.75) is 0 Å². The van der Waals surface area contributed by atoms with Crippen molar-refractivity contribution in [3.63, 3.8) is 0 Å². The summed E-state index contributed by atoms with van der Waals surface area (Å²) in [5.41, 5.74) is 12.7. The van der Waals surface area contributed by atoms with Crippen molar-refractivity contribution < 1.29 is 0 Å². The summed E-state index contributed by atoms with van der Waals surface area (Å²) in [5, 5.41) is 0. The number of nitrogens with zero attached hydrogens (tertiary/aromatic N) is 4. The van der Waals surface area contributed by atoms with Gasteiger partial charge in [-0.05, 0) is 121 Å². The lowest BCUT2D eigenvalue weighted by molar-refractivity contribution is 1.18. The van der Waals surface area contributed by atoms with Gasteiger partial charge in [-0.1, -0.05) is 84.3 Å². The fourth-order valence-corrected chi connectivity index (χ4v) is 6.34. The molecule has 0 aliphatic rings. The molecule has 7 rings (SSSR count). The number of hydrogen-bond acceptors (Lipinski definition) is 4. The Morgan fingerprint density at radius 2 is 0.537 bits per heavy atom. The summed E-state index contributed by atoms with van der Waals surface area (Å²) in [7, 11) is 8.34. The van der Waals surface area contributed by atoms with Gasteiger partial charge in [-0.3, -0.25) is 0 Å². The molecule has 0 aliphatic heterocycles. The van der Waals surface area contributed by atoms with E-state index >= 15 is 0 Å². The van der Waals surface area contributed by atoms with E-state index in [9.17, 15) is 0 Å². The van der Waals surface area contributed by atoms with E-state index in [1.165, 1.54) is 0 Å². The van der Waals surface area contributed by atoms with Gasteiger partial charge in [-0.15, -0.1) is 0 Å². The molecule has 0 aliphatic carbocycles. The molecule has 0 unspecified atom stereocenters. The highest BCUT2D eigenvalue weighted by Gasteiger charge is 2.11. The molecule has 0 radical (unpaired) electrons. The molecule has 0 bridgehead atoms. The molecule has 4 heteroatoms. The highest BCUT2D eigenvalue weighted by molar-refractivity contribution is 5.74. The number of benzene rings is 7. The Morgan fingerprint density at radius 1 is 0.259 bits per heavy atom. The van der Waals surface area contributed by atoms with E-state index in [1.54, 1.807) is 0 Å². The maximum Gasteiger partial charge on any atom is 0.0567 e. The Bertz CT molecular complexity index is 2260. The van der Waals surface area contributed by atoms with Gasteiger partial charge in [0.2, 0.25) is 0 Å². The summed E-state index contributed by atoms with van der Waals surface area (Å²) in [5.74, 6) is 13.6. The van der Waals surface area contributed by atoms with Crippen LogP contribution in [0.25, 0.3) is 0 Å². The van der Waals surface area contributed by atoms with Gasteiger partial charge in [0.25, 0.3) is 0 Å². The summed E-state index contributed by atoms with van der Waals surface area (Å²) < 4.78 is 0. The normalized spacial score (nSPS) is 10.3. The van der Waals surface area contributed by atoms with Gasteiger partial charge < -0.3 is 19.6 Å². The minimum atomic E-state index is 0.938. The largest absolute Gasteiger partial charge is 0.345 e. The highest BCUT2D eigenvalue weighted by Crippen LogP contribution is 2.32. The number of para-hydroxylation sites is 4. The van der Waals surface area contributed by atoms with Crippen LogP contribution in [0.1, 0.15) is 22.3 Å². The third-order valence-electron chi connectivity index (χ3n) is 9.63. The van der Waals surface area contributed by atoms with Crippen LogP contribution in [0.3, 0.4) is 0 Å². The van der Waals surface area contributed by atoms with Crippen molar-refractivity contribution >= 4 is 45.5 Å². The van der Waals surface area contributed by atoms with E-state index in [-0.39, 0.29) is 0 Å². The molecule has 0 spiro atoms. The number of anilines is 8. The molecule has 0 heterocycles. The Kier molecular flexibility index (Phi) is 10.8. The maximum absolute atomic E-state index is 3.42. The molecule has 7 aromatic carbocycles. The Labute approximate surface area is 320 Å². The lowest BCUT2D eigenvalue weighted by atomic mass is 10.1. The Hall–Kier alpha value is -7.14. The predicted molar refractivity (Wildman–Crippen MR) is 229 cm³/mol. The van der Waals surface area contributed by atoms with Gasteiger partial charge in [0, 0.05) is 84.6 Å². The second-order valence-electron chi connectivity index (χ2n) is 13.1. The first-order chi connectivity index (χ1) is 26.4. The van der Waals surface area contributed by atoms with Crippen LogP contribution in [-0.4, -0.2) is 28.2 Å². The molecule has 0 aromatic heterocycles. The molecule has 4 nitrogen and oxygen atoms in total. The molecule has 0 atom stereocenters. The fourth-order valence-electron chi connectivity index (χ4n) is 6.34. The van der Waals surface area contributed by atoms with Crippen LogP contribution in [-0.2, 0) is 0 Å². The van der Waals surface area contributed by atoms with E-state index in [4.69, 9.17) is 0 Å². The minimum absolute atomic E-state index is 0.938. The highest BCUT2D eigenvalue weighted by atomic mass is 15.1. The summed E-state index contributed by atoms with van der Waals surface area (Å²) in [4.78, 5) is 8.74. The zero-order valence-corrected chi connectivity index (χ0v) is 31.1. The first-order valence-electron chi connectivity index (χ1n) is 18.0. The van der Waals surface area contributed by atoms with E-state index < -0.39 is 0 Å². The van der Waals surface area contributed by atoms with Crippen molar-refractivity contribution in [3.05, 3.63) is 204 Å². The molecule has 262 valence electrons. The predicted octanol–water partition coefficient (Wildman–Crippen LogP) is 11.6. The minimum Gasteiger partial charge on any atom is -0.345 e. The molecule has 0 saturated carbocycles. The molecule has 0 N–H and O–H groups in total. The van der Waals surface area contributed by atoms with Gasteiger partial charge in [-0.25, -0.2) is 0 Å². The first-order valence-corrected chi connectivity index (χ1v) is 18.0. The second-order valence-corrected chi connectivity index (χ2v) is 13.1. The zero-order valence-electron chi connectivity index (χ0n) is 31.1. The zero-order chi connectivity index (χ0) is 37.3. The second kappa shape index (κ2) is 16.5. The van der Waals surface area contributed by atoms with Gasteiger partial charge in [-0.2, -0.15) is 0 Å². The van der Waals surface area contributed by atoms with Crippen LogP contribution in [0.2, 0.25) is 0 Å².